The summed E-state index contributed by atoms with van der Waals surface area (Å²) in [4.78, 5) is 0. The van der Waals surface area contributed by atoms with Crippen LogP contribution in [0.15, 0.2) is 18.2 Å². The highest BCUT2D eigenvalue weighted by Gasteiger charge is 2.29. The molecular formula is C11H15F2NO. The number of hydrogen-bond donors (Lipinski definition) is 2. The molecule has 0 bridgehead atoms. The smallest absolute Gasteiger partial charge is 0.163 e. The van der Waals surface area contributed by atoms with Crippen LogP contribution in [-0.4, -0.2) is 11.7 Å². The van der Waals surface area contributed by atoms with Crippen LogP contribution in [0.1, 0.15) is 25.5 Å². The summed E-state index contributed by atoms with van der Waals surface area (Å²) in [5.74, 6) is -1.86. The Labute approximate surface area is 87.7 Å². The first kappa shape index (κ1) is 12.1. The Balaban J connectivity index is 3.12. The Morgan fingerprint density at radius 2 is 2.00 bits per heavy atom. The van der Waals surface area contributed by atoms with E-state index >= 15 is 0 Å². The van der Waals surface area contributed by atoms with Crippen LogP contribution >= 0.6 is 0 Å². The SMILES string of the molecule is CC(C)(CO)[C@@H](N)c1cccc(F)c1F. The van der Waals surface area contributed by atoms with Crippen molar-refractivity contribution in [2.24, 2.45) is 11.1 Å². The van der Waals surface area contributed by atoms with Crippen molar-refractivity contribution in [3.05, 3.63) is 35.4 Å². The monoisotopic (exact) mass is 215 g/mol. The van der Waals surface area contributed by atoms with Crippen molar-refractivity contribution in [3.63, 3.8) is 0 Å². The number of aliphatic hydroxyl groups is 1. The van der Waals surface area contributed by atoms with Crippen LogP contribution in [0.2, 0.25) is 0 Å². The van der Waals surface area contributed by atoms with Gasteiger partial charge in [-0.15, -0.1) is 0 Å². The van der Waals surface area contributed by atoms with Crippen LogP contribution in [-0.2, 0) is 0 Å². The van der Waals surface area contributed by atoms with E-state index in [0.717, 1.165) is 6.07 Å². The lowest BCUT2D eigenvalue weighted by Crippen LogP contribution is -2.33. The molecule has 4 heteroatoms. The van der Waals surface area contributed by atoms with Gasteiger partial charge in [-0.2, -0.15) is 0 Å². The number of rotatable bonds is 3. The number of aliphatic hydroxyl groups excluding tert-OH is 1. The zero-order valence-corrected chi connectivity index (χ0v) is 8.80. The lowest BCUT2D eigenvalue weighted by atomic mass is 9.81. The van der Waals surface area contributed by atoms with E-state index in [4.69, 9.17) is 10.8 Å². The van der Waals surface area contributed by atoms with E-state index in [1.165, 1.54) is 12.1 Å². The molecule has 1 atom stereocenters. The molecule has 1 rings (SSSR count). The number of hydrogen-bond acceptors (Lipinski definition) is 2. The van der Waals surface area contributed by atoms with Crippen LogP contribution < -0.4 is 5.73 Å². The third-order valence-corrected chi connectivity index (χ3v) is 2.57. The third-order valence-electron chi connectivity index (χ3n) is 2.57. The lowest BCUT2D eigenvalue weighted by Gasteiger charge is -2.29. The van der Waals surface area contributed by atoms with Gasteiger partial charge in [-0.25, -0.2) is 8.78 Å². The minimum Gasteiger partial charge on any atom is -0.396 e. The van der Waals surface area contributed by atoms with Crippen LogP contribution in [0.4, 0.5) is 8.78 Å². The van der Waals surface area contributed by atoms with Crippen LogP contribution in [0, 0.1) is 17.0 Å². The van der Waals surface area contributed by atoms with E-state index in [0.29, 0.717) is 0 Å². The molecular weight excluding hydrogens is 200 g/mol. The first-order chi connectivity index (χ1) is 6.90. The average molecular weight is 215 g/mol. The van der Waals surface area contributed by atoms with Gasteiger partial charge < -0.3 is 10.8 Å². The van der Waals surface area contributed by atoms with Gasteiger partial charge >= 0.3 is 0 Å². The van der Waals surface area contributed by atoms with E-state index < -0.39 is 23.1 Å². The van der Waals surface area contributed by atoms with E-state index in [-0.39, 0.29) is 12.2 Å². The van der Waals surface area contributed by atoms with E-state index in [9.17, 15) is 8.78 Å². The minimum absolute atomic E-state index is 0.0917. The van der Waals surface area contributed by atoms with Crippen molar-refractivity contribution < 1.29 is 13.9 Å². The van der Waals surface area contributed by atoms with E-state index in [1.807, 2.05) is 0 Å². The fraction of sp³-hybridized carbons (Fsp3) is 0.455. The third kappa shape index (κ3) is 2.33. The fourth-order valence-electron chi connectivity index (χ4n) is 1.28. The summed E-state index contributed by atoms with van der Waals surface area (Å²) in [7, 11) is 0. The predicted molar refractivity (Wildman–Crippen MR) is 54.2 cm³/mol. The highest BCUT2D eigenvalue weighted by Crippen LogP contribution is 2.32. The van der Waals surface area contributed by atoms with Crippen molar-refractivity contribution in [1.29, 1.82) is 0 Å². The standard InChI is InChI=1S/C11H15F2NO/c1-11(2,6-15)10(14)7-4-3-5-8(12)9(7)13/h3-5,10,15H,6,14H2,1-2H3/t10-/m0/s1. The Morgan fingerprint density at radius 1 is 1.40 bits per heavy atom. The van der Waals surface area contributed by atoms with Gasteiger partial charge in [0.05, 0.1) is 0 Å². The summed E-state index contributed by atoms with van der Waals surface area (Å²) in [5, 5.41) is 9.09. The van der Waals surface area contributed by atoms with Crippen LogP contribution in [0.5, 0.6) is 0 Å². The Bertz CT molecular complexity index is 352. The molecule has 0 heterocycles. The van der Waals surface area contributed by atoms with Gasteiger partial charge in [0.25, 0.3) is 0 Å². The molecule has 0 unspecified atom stereocenters. The second-order valence-corrected chi connectivity index (χ2v) is 4.27. The largest absolute Gasteiger partial charge is 0.396 e. The number of halogens is 2. The topological polar surface area (TPSA) is 46.2 Å². The summed E-state index contributed by atoms with van der Waals surface area (Å²) < 4.78 is 26.3. The molecule has 0 aromatic heterocycles. The second-order valence-electron chi connectivity index (χ2n) is 4.27. The molecule has 0 saturated carbocycles. The van der Waals surface area contributed by atoms with Gasteiger partial charge in [0, 0.05) is 23.6 Å². The molecule has 0 spiro atoms. The zero-order valence-electron chi connectivity index (χ0n) is 8.80. The maximum atomic E-state index is 13.4. The molecule has 84 valence electrons. The zero-order chi connectivity index (χ0) is 11.6. The fourth-order valence-corrected chi connectivity index (χ4v) is 1.28. The van der Waals surface area contributed by atoms with Crippen molar-refractivity contribution in [3.8, 4) is 0 Å². The van der Waals surface area contributed by atoms with E-state index in [1.54, 1.807) is 13.8 Å². The number of nitrogens with two attached hydrogens (primary N) is 1. The van der Waals surface area contributed by atoms with Crippen molar-refractivity contribution in [1.82, 2.24) is 0 Å². The van der Waals surface area contributed by atoms with E-state index in [2.05, 4.69) is 0 Å². The Kier molecular flexibility index (Phi) is 3.42. The molecule has 15 heavy (non-hydrogen) atoms. The molecule has 2 nitrogen and oxygen atoms in total. The lowest BCUT2D eigenvalue weighted by molar-refractivity contribution is 0.130. The minimum atomic E-state index is -0.938. The summed E-state index contributed by atoms with van der Waals surface area (Å²) in [6.07, 6.45) is 0. The molecule has 1 aromatic carbocycles. The first-order valence-electron chi connectivity index (χ1n) is 4.70. The summed E-state index contributed by atoms with van der Waals surface area (Å²) in [6.45, 7) is 3.20. The van der Waals surface area contributed by atoms with Gasteiger partial charge in [-0.1, -0.05) is 26.0 Å². The summed E-state index contributed by atoms with van der Waals surface area (Å²) in [5.41, 5.74) is 5.19. The van der Waals surface area contributed by atoms with Gasteiger partial charge in [-0.05, 0) is 6.07 Å². The molecule has 0 aliphatic heterocycles. The normalized spacial score (nSPS) is 14.0. The van der Waals surface area contributed by atoms with Crippen LogP contribution in [0.3, 0.4) is 0 Å². The molecule has 1 aromatic rings. The predicted octanol–water partition coefficient (Wildman–Crippen LogP) is 1.98. The second kappa shape index (κ2) is 4.24. The maximum absolute atomic E-state index is 13.4. The summed E-state index contributed by atoms with van der Waals surface area (Å²) >= 11 is 0. The van der Waals surface area contributed by atoms with Crippen molar-refractivity contribution in [2.75, 3.05) is 6.61 Å². The van der Waals surface area contributed by atoms with Crippen LogP contribution in [0.25, 0.3) is 0 Å². The average Bonchev–Trinajstić information content (AvgIpc) is 2.21. The van der Waals surface area contributed by atoms with Gasteiger partial charge in [0.1, 0.15) is 0 Å². The molecule has 0 amide bonds. The molecule has 0 saturated heterocycles. The molecule has 0 aliphatic carbocycles. The molecule has 3 N–H and O–H groups in total. The van der Waals surface area contributed by atoms with Crippen molar-refractivity contribution in [2.45, 2.75) is 19.9 Å². The first-order valence-corrected chi connectivity index (χ1v) is 4.70. The molecule has 0 aliphatic rings. The van der Waals surface area contributed by atoms with Crippen molar-refractivity contribution >= 4 is 0 Å². The molecule has 0 fully saturated rings. The van der Waals surface area contributed by atoms with Gasteiger partial charge in [0.2, 0.25) is 0 Å². The quantitative estimate of drug-likeness (QED) is 0.809. The maximum Gasteiger partial charge on any atom is 0.163 e. The Hall–Kier alpha value is -1.00. The van der Waals surface area contributed by atoms with Gasteiger partial charge in [-0.3, -0.25) is 0 Å². The highest BCUT2D eigenvalue weighted by atomic mass is 19.2. The molecule has 0 radical (unpaired) electrons. The van der Waals surface area contributed by atoms with Gasteiger partial charge in [0.15, 0.2) is 11.6 Å². The number of benzene rings is 1. The Morgan fingerprint density at radius 3 is 2.53 bits per heavy atom. The highest BCUT2D eigenvalue weighted by molar-refractivity contribution is 5.23. The summed E-state index contributed by atoms with van der Waals surface area (Å²) in [6, 6.07) is 3.14.